The van der Waals surface area contributed by atoms with E-state index in [4.69, 9.17) is 4.74 Å². The summed E-state index contributed by atoms with van der Waals surface area (Å²) in [5.74, 6) is -0.380. The maximum absolute atomic E-state index is 12.9. The zero-order valence-corrected chi connectivity index (χ0v) is 16.4. The van der Waals surface area contributed by atoms with Crippen molar-refractivity contribution in [3.8, 4) is 5.75 Å². The first-order chi connectivity index (χ1) is 14.0. The molecule has 2 aromatic rings. The number of anilines is 1. The van der Waals surface area contributed by atoms with Crippen molar-refractivity contribution in [2.75, 3.05) is 4.90 Å². The zero-order chi connectivity index (χ0) is 20.5. The third-order valence-corrected chi connectivity index (χ3v) is 5.71. The van der Waals surface area contributed by atoms with Gasteiger partial charge in [0.2, 0.25) is 17.6 Å². The second-order valence-corrected chi connectivity index (χ2v) is 7.65. The minimum absolute atomic E-state index is 0.0580. The number of carbonyl (C=O) groups is 3. The zero-order valence-electron chi connectivity index (χ0n) is 16.4. The molecule has 0 aromatic heterocycles. The van der Waals surface area contributed by atoms with Crippen LogP contribution in [0.5, 0.6) is 5.75 Å². The Morgan fingerprint density at radius 1 is 1.03 bits per heavy atom. The van der Waals surface area contributed by atoms with E-state index in [0.29, 0.717) is 23.4 Å². The number of rotatable bonds is 5. The number of nitrogens with zero attached hydrogens (tertiary/aromatic N) is 1. The molecule has 0 spiro atoms. The highest BCUT2D eigenvalue weighted by Crippen LogP contribution is 2.40. The number of benzene rings is 2. The first kappa shape index (κ1) is 19.1. The van der Waals surface area contributed by atoms with Crippen molar-refractivity contribution in [2.45, 2.75) is 26.4 Å². The summed E-state index contributed by atoms with van der Waals surface area (Å²) in [6.07, 6.45) is 3.96. The second-order valence-electron chi connectivity index (χ2n) is 7.65. The highest BCUT2D eigenvalue weighted by atomic mass is 16.5. The Balaban J connectivity index is 1.48. The summed E-state index contributed by atoms with van der Waals surface area (Å²) in [7, 11) is 0. The van der Waals surface area contributed by atoms with E-state index in [1.807, 2.05) is 37.3 Å². The molecule has 2 aliphatic rings. The Labute approximate surface area is 170 Å². The van der Waals surface area contributed by atoms with Crippen LogP contribution in [0.25, 0.3) is 0 Å². The summed E-state index contributed by atoms with van der Waals surface area (Å²) in [5, 5.41) is 0. The molecule has 0 unspecified atom stereocenters. The van der Waals surface area contributed by atoms with Gasteiger partial charge in [-0.1, -0.05) is 49.4 Å². The minimum atomic E-state index is -0.645. The molecular weight excluding hydrogens is 366 g/mol. The van der Waals surface area contributed by atoms with Crippen molar-refractivity contribution in [3.05, 3.63) is 72.3 Å². The SMILES string of the molecule is C[C@H](Oc1ccc(N2C(=O)[C@H]3[C@H](C)C=CC[C@@H]3C2=O)cc1)C(=O)c1ccccc1. The van der Waals surface area contributed by atoms with E-state index in [-0.39, 0.29) is 35.4 Å². The van der Waals surface area contributed by atoms with Gasteiger partial charge in [-0.3, -0.25) is 19.3 Å². The molecule has 29 heavy (non-hydrogen) atoms. The van der Waals surface area contributed by atoms with Crippen molar-refractivity contribution in [1.29, 1.82) is 0 Å². The van der Waals surface area contributed by atoms with Gasteiger partial charge in [-0.05, 0) is 43.5 Å². The van der Waals surface area contributed by atoms with Crippen LogP contribution in [-0.4, -0.2) is 23.7 Å². The lowest BCUT2D eigenvalue weighted by atomic mass is 9.78. The summed E-state index contributed by atoms with van der Waals surface area (Å²) in [4.78, 5) is 39.4. The quantitative estimate of drug-likeness (QED) is 0.440. The van der Waals surface area contributed by atoms with Crippen LogP contribution in [0.4, 0.5) is 5.69 Å². The number of ether oxygens (including phenoxy) is 1. The van der Waals surface area contributed by atoms with Crippen LogP contribution in [0.3, 0.4) is 0 Å². The molecule has 1 heterocycles. The fourth-order valence-corrected chi connectivity index (χ4v) is 4.17. The van der Waals surface area contributed by atoms with Crippen LogP contribution in [-0.2, 0) is 9.59 Å². The number of ketones is 1. The topological polar surface area (TPSA) is 63.7 Å². The number of imide groups is 1. The van der Waals surface area contributed by atoms with Crippen LogP contribution in [0.1, 0.15) is 30.6 Å². The van der Waals surface area contributed by atoms with E-state index >= 15 is 0 Å². The van der Waals surface area contributed by atoms with Gasteiger partial charge in [-0.15, -0.1) is 0 Å². The number of fused-ring (bicyclic) bond motifs is 1. The smallest absolute Gasteiger partial charge is 0.238 e. The van der Waals surface area contributed by atoms with Crippen molar-refractivity contribution in [1.82, 2.24) is 0 Å². The van der Waals surface area contributed by atoms with Crippen molar-refractivity contribution in [2.24, 2.45) is 17.8 Å². The van der Waals surface area contributed by atoms with Gasteiger partial charge >= 0.3 is 0 Å². The van der Waals surface area contributed by atoms with Gasteiger partial charge in [-0.2, -0.15) is 0 Å². The molecule has 1 aliphatic heterocycles. The van der Waals surface area contributed by atoms with Crippen molar-refractivity contribution >= 4 is 23.3 Å². The van der Waals surface area contributed by atoms with Crippen molar-refractivity contribution < 1.29 is 19.1 Å². The third kappa shape index (κ3) is 3.48. The molecule has 1 aliphatic carbocycles. The van der Waals surface area contributed by atoms with Crippen LogP contribution in [0.15, 0.2) is 66.7 Å². The number of carbonyl (C=O) groups excluding carboxylic acids is 3. The molecule has 2 aromatic carbocycles. The largest absolute Gasteiger partial charge is 0.483 e. The molecule has 0 saturated carbocycles. The molecular formula is C24H23NO4. The molecule has 5 heteroatoms. The van der Waals surface area contributed by atoms with E-state index in [1.54, 1.807) is 43.3 Å². The Morgan fingerprint density at radius 2 is 1.72 bits per heavy atom. The van der Waals surface area contributed by atoms with Gasteiger partial charge in [0.1, 0.15) is 5.75 Å². The molecule has 4 rings (SSSR count). The Bertz CT molecular complexity index is 964. The summed E-state index contributed by atoms with van der Waals surface area (Å²) in [6.45, 7) is 3.68. The Hall–Kier alpha value is -3.21. The van der Waals surface area contributed by atoms with E-state index in [1.165, 1.54) is 4.90 Å². The Kier molecular flexibility index (Phi) is 5.05. The standard InChI is InChI=1S/C24H23NO4/c1-15-7-6-10-20-21(15)24(28)25(23(20)27)18-11-13-19(14-12-18)29-16(2)22(26)17-8-4-3-5-9-17/h3-9,11-16,20-21H,10H2,1-2H3/t15-,16+,20+,21+/m1/s1. The number of hydrogen-bond acceptors (Lipinski definition) is 4. The van der Waals surface area contributed by atoms with Crippen LogP contribution < -0.4 is 9.64 Å². The average molecular weight is 389 g/mol. The summed E-state index contributed by atoms with van der Waals surface area (Å²) >= 11 is 0. The molecule has 0 N–H and O–H groups in total. The fourth-order valence-electron chi connectivity index (χ4n) is 4.17. The lowest BCUT2D eigenvalue weighted by Gasteiger charge is -2.22. The predicted octanol–water partition coefficient (Wildman–Crippen LogP) is 4.04. The van der Waals surface area contributed by atoms with Gasteiger partial charge in [0.05, 0.1) is 17.5 Å². The predicted molar refractivity (Wildman–Crippen MR) is 110 cm³/mol. The van der Waals surface area contributed by atoms with Crippen LogP contribution in [0, 0.1) is 17.8 Å². The fraction of sp³-hybridized carbons (Fsp3) is 0.292. The first-order valence-electron chi connectivity index (χ1n) is 9.88. The number of hydrogen-bond donors (Lipinski definition) is 0. The highest BCUT2D eigenvalue weighted by molar-refractivity contribution is 6.22. The van der Waals surface area contributed by atoms with Gasteiger partial charge in [0.15, 0.2) is 6.10 Å². The van der Waals surface area contributed by atoms with E-state index in [2.05, 4.69) is 0 Å². The molecule has 0 bridgehead atoms. The van der Waals surface area contributed by atoms with Crippen LogP contribution >= 0.6 is 0 Å². The molecule has 0 radical (unpaired) electrons. The maximum Gasteiger partial charge on any atom is 0.238 e. The average Bonchev–Trinajstić information content (AvgIpc) is 3.00. The van der Waals surface area contributed by atoms with E-state index in [9.17, 15) is 14.4 Å². The summed E-state index contributed by atoms with van der Waals surface area (Å²) < 4.78 is 5.77. The summed E-state index contributed by atoms with van der Waals surface area (Å²) in [5.41, 5.74) is 1.13. The van der Waals surface area contributed by atoms with Gasteiger partial charge in [-0.25, -0.2) is 0 Å². The third-order valence-electron chi connectivity index (χ3n) is 5.71. The normalized spacial score (nSPS) is 24.3. The molecule has 4 atom stereocenters. The maximum atomic E-state index is 12.9. The van der Waals surface area contributed by atoms with Crippen molar-refractivity contribution in [3.63, 3.8) is 0 Å². The monoisotopic (exact) mass is 389 g/mol. The lowest BCUT2D eigenvalue weighted by Crippen LogP contribution is -2.31. The number of allylic oxidation sites excluding steroid dienone is 2. The molecule has 2 amide bonds. The van der Waals surface area contributed by atoms with Gasteiger partial charge in [0, 0.05) is 5.56 Å². The van der Waals surface area contributed by atoms with E-state index < -0.39 is 6.10 Å². The molecule has 5 nitrogen and oxygen atoms in total. The van der Waals surface area contributed by atoms with Gasteiger partial charge < -0.3 is 4.74 Å². The number of Topliss-reactive ketones (excluding diaryl/α,β-unsaturated/α-hetero) is 1. The second kappa shape index (κ2) is 7.66. The Morgan fingerprint density at radius 3 is 2.38 bits per heavy atom. The molecule has 1 saturated heterocycles. The molecule has 1 fully saturated rings. The van der Waals surface area contributed by atoms with Gasteiger partial charge in [0.25, 0.3) is 0 Å². The number of amides is 2. The highest BCUT2D eigenvalue weighted by Gasteiger charge is 2.50. The van der Waals surface area contributed by atoms with E-state index in [0.717, 1.165) is 0 Å². The minimum Gasteiger partial charge on any atom is -0.483 e. The first-order valence-corrected chi connectivity index (χ1v) is 9.88. The summed E-state index contributed by atoms with van der Waals surface area (Å²) in [6, 6.07) is 15.8. The van der Waals surface area contributed by atoms with Crippen LogP contribution in [0.2, 0.25) is 0 Å². The lowest BCUT2D eigenvalue weighted by molar-refractivity contribution is -0.122. The molecule has 148 valence electrons.